The van der Waals surface area contributed by atoms with Crippen LogP contribution in [0, 0.1) is 18.6 Å². The fraction of sp³-hybridized carbons (Fsp3) is 0.583. The Labute approximate surface area is 111 Å². The van der Waals surface area contributed by atoms with Crippen molar-refractivity contribution in [2.75, 3.05) is 0 Å². The van der Waals surface area contributed by atoms with Crippen LogP contribution < -0.4 is 5.46 Å². The van der Waals surface area contributed by atoms with E-state index in [0.717, 1.165) is 0 Å². The number of rotatable bonds is 1. The molecule has 0 bridgehead atoms. The highest BCUT2D eigenvalue weighted by atomic mass is 19.1. The van der Waals surface area contributed by atoms with Gasteiger partial charge in [-0.3, -0.25) is 0 Å². The molecule has 0 atom stereocenters. The molecule has 1 aromatic rings. The van der Waals surface area contributed by atoms with E-state index in [4.69, 9.17) is 14.8 Å². The molecule has 0 spiro atoms. The van der Waals surface area contributed by atoms with E-state index in [-0.39, 0.29) is 0 Å². The summed E-state index contributed by atoms with van der Waals surface area (Å²) in [4.78, 5) is 3.23. The van der Waals surface area contributed by atoms with Crippen LogP contribution in [0.15, 0.2) is 6.04 Å². The Hall–Kier alpha value is -1.01. The van der Waals surface area contributed by atoms with Crippen LogP contribution in [-0.2, 0) is 9.31 Å². The molecule has 6 heteroatoms. The van der Waals surface area contributed by atoms with E-state index in [1.165, 1.54) is 0 Å². The first-order valence-corrected chi connectivity index (χ1v) is 5.49. The first-order valence-electron chi connectivity index (χ1n) is 7.49. The van der Waals surface area contributed by atoms with Crippen molar-refractivity contribution in [1.29, 1.82) is 0 Å². The molecule has 2 rings (SSSR count). The van der Waals surface area contributed by atoms with Crippen LogP contribution in [0.4, 0.5) is 8.78 Å². The Morgan fingerprint density at radius 3 is 2.33 bits per heavy atom. The van der Waals surface area contributed by atoms with Gasteiger partial charge in [0.25, 0.3) is 0 Å². The topological polar surface area (TPSA) is 31.4 Å². The third-order valence-corrected chi connectivity index (χ3v) is 3.39. The zero-order chi connectivity index (χ0) is 17.1. The predicted octanol–water partition coefficient (Wildman–Crippen LogP) is 1.97. The van der Waals surface area contributed by atoms with Gasteiger partial charge in [-0.1, -0.05) is 0 Å². The largest absolute Gasteiger partial charge is 0.502 e. The molecule has 1 aromatic heterocycles. The molecule has 0 aliphatic carbocycles. The second-order valence-corrected chi connectivity index (χ2v) is 5.19. The van der Waals surface area contributed by atoms with Crippen molar-refractivity contribution < 1.29 is 23.6 Å². The van der Waals surface area contributed by atoms with Gasteiger partial charge >= 0.3 is 7.12 Å². The Morgan fingerprint density at radius 1 is 1.28 bits per heavy atom. The molecule has 1 aliphatic rings. The molecule has 0 aromatic carbocycles. The van der Waals surface area contributed by atoms with Crippen molar-refractivity contribution in [2.24, 2.45) is 0 Å². The lowest BCUT2D eigenvalue weighted by Crippen LogP contribution is -2.41. The van der Waals surface area contributed by atoms with Gasteiger partial charge in [-0.2, -0.15) is 4.39 Å². The van der Waals surface area contributed by atoms with Crippen LogP contribution in [0.3, 0.4) is 0 Å². The standard InChI is InChI=1S/C12H16BF2NO2/c1-7-6-8(14)9(10(15)16-7)13-17-11(2,3)12(4,5)18-13/h6H,1-5H3/i1D3,6D. The highest BCUT2D eigenvalue weighted by Gasteiger charge is 2.53. The summed E-state index contributed by atoms with van der Waals surface area (Å²) in [6.07, 6.45) is 0. The summed E-state index contributed by atoms with van der Waals surface area (Å²) in [7, 11) is -1.40. The minimum Gasteiger partial charge on any atom is -0.399 e. The Kier molecular flexibility index (Phi) is 2.00. The lowest BCUT2D eigenvalue weighted by atomic mass is 9.79. The first kappa shape index (κ1) is 8.99. The molecule has 0 amide bonds. The van der Waals surface area contributed by atoms with Gasteiger partial charge in [0.1, 0.15) is 5.82 Å². The smallest absolute Gasteiger partial charge is 0.399 e. The number of aromatic nitrogens is 1. The summed E-state index contributed by atoms with van der Waals surface area (Å²) >= 11 is 0. The van der Waals surface area contributed by atoms with Crippen LogP contribution in [-0.4, -0.2) is 23.3 Å². The van der Waals surface area contributed by atoms with Crippen molar-refractivity contribution in [2.45, 2.75) is 45.7 Å². The fourth-order valence-corrected chi connectivity index (χ4v) is 1.61. The van der Waals surface area contributed by atoms with E-state index in [9.17, 15) is 8.78 Å². The van der Waals surface area contributed by atoms with Crippen LogP contribution in [0.25, 0.3) is 0 Å². The number of nitrogens with zero attached hydrogens (tertiary/aromatic N) is 1. The van der Waals surface area contributed by atoms with E-state index < -0.39 is 54.1 Å². The van der Waals surface area contributed by atoms with Crippen LogP contribution in [0.5, 0.6) is 0 Å². The van der Waals surface area contributed by atoms with Crippen LogP contribution >= 0.6 is 0 Å². The van der Waals surface area contributed by atoms with Gasteiger partial charge in [-0.25, -0.2) is 9.37 Å². The fourth-order valence-electron chi connectivity index (χ4n) is 1.61. The molecule has 3 nitrogen and oxygen atoms in total. The van der Waals surface area contributed by atoms with Crippen molar-refractivity contribution in [1.82, 2.24) is 4.98 Å². The van der Waals surface area contributed by atoms with Gasteiger partial charge in [0, 0.05) is 9.81 Å². The number of aryl methyl sites for hydroxylation is 1. The van der Waals surface area contributed by atoms with Gasteiger partial charge in [0.05, 0.1) is 18.0 Å². The molecule has 1 saturated heterocycles. The number of hydrogen-bond acceptors (Lipinski definition) is 3. The number of halogens is 2. The summed E-state index contributed by atoms with van der Waals surface area (Å²) in [6.45, 7) is 3.93. The molecule has 0 radical (unpaired) electrons. The van der Waals surface area contributed by atoms with Crippen LogP contribution in [0.1, 0.15) is 38.9 Å². The van der Waals surface area contributed by atoms with Crippen molar-refractivity contribution in [3.05, 3.63) is 23.5 Å². The van der Waals surface area contributed by atoms with E-state index in [1.54, 1.807) is 27.7 Å². The number of pyridine rings is 1. The maximum absolute atomic E-state index is 14.3. The lowest BCUT2D eigenvalue weighted by Gasteiger charge is -2.32. The van der Waals surface area contributed by atoms with Gasteiger partial charge in [0.2, 0.25) is 5.95 Å². The second-order valence-electron chi connectivity index (χ2n) is 5.19. The molecule has 2 heterocycles. The second kappa shape index (κ2) is 4.00. The van der Waals surface area contributed by atoms with Gasteiger partial charge in [-0.05, 0) is 40.6 Å². The monoisotopic (exact) mass is 259 g/mol. The summed E-state index contributed by atoms with van der Waals surface area (Å²) < 4.78 is 68.6. The molecule has 1 fully saturated rings. The normalized spacial score (nSPS) is 25.3. The van der Waals surface area contributed by atoms with E-state index >= 15 is 0 Å². The molecule has 0 N–H and O–H groups in total. The Balaban J connectivity index is 2.54. The molecule has 0 unspecified atom stereocenters. The summed E-state index contributed by atoms with van der Waals surface area (Å²) in [5.74, 6) is -2.68. The lowest BCUT2D eigenvalue weighted by molar-refractivity contribution is 0.00578. The van der Waals surface area contributed by atoms with E-state index in [1.807, 2.05) is 0 Å². The average Bonchev–Trinajstić information content (AvgIpc) is 2.51. The SMILES string of the molecule is [2H]c1c(C([2H])([2H])[2H])nc(F)c(B2OC(C)(C)C(C)(C)O2)c1F. The average molecular weight is 259 g/mol. The summed E-state index contributed by atoms with van der Waals surface area (Å²) in [6, 6.07) is -0.980. The Bertz CT molecular complexity index is 606. The minimum absolute atomic E-state index is 0.684. The summed E-state index contributed by atoms with van der Waals surface area (Å²) in [5, 5.41) is 0. The first-order chi connectivity index (χ1) is 9.78. The molecule has 18 heavy (non-hydrogen) atoms. The third-order valence-electron chi connectivity index (χ3n) is 3.39. The molecular formula is C12H16BF2NO2. The molecule has 98 valence electrons. The molecular weight excluding hydrogens is 239 g/mol. The van der Waals surface area contributed by atoms with Gasteiger partial charge in [-0.15, -0.1) is 0 Å². The van der Waals surface area contributed by atoms with Crippen molar-refractivity contribution >= 4 is 12.6 Å². The maximum atomic E-state index is 14.3. The highest BCUT2D eigenvalue weighted by Crippen LogP contribution is 2.36. The summed E-state index contributed by atoms with van der Waals surface area (Å²) in [5.41, 5.74) is -3.28. The quantitative estimate of drug-likeness (QED) is 0.570. The van der Waals surface area contributed by atoms with Crippen molar-refractivity contribution in [3.63, 3.8) is 0 Å². The zero-order valence-corrected chi connectivity index (χ0v) is 10.6. The maximum Gasteiger partial charge on any atom is 0.502 e. The van der Waals surface area contributed by atoms with Gasteiger partial charge < -0.3 is 9.31 Å². The minimum atomic E-state index is -2.88. The number of hydrogen-bond donors (Lipinski definition) is 0. The van der Waals surface area contributed by atoms with Crippen LogP contribution in [0.2, 0.25) is 0 Å². The predicted molar refractivity (Wildman–Crippen MR) is 64.6 cm³/mol. The van der Waals surface area contributed by atoms with Gasteiger partial charge in [0.15, 0.2) is 0 Å². The third kappa shape index (κ3) is 2.03. The van der Waals surface area contributed by atoms with Crippen molar-refractivity contribution in [3.8, 4) is 0 Å². The highest BCUT2D eigenvalue weighted by molar-refractivity contribution is 6.62. The molecule has 1 aliphatic heterocycles. The molecule has 0 saturated carbocycles. The zero-order valence-electron chi connectivity index (χ0n) is 14.6. The van der Waals surface area contributed by atoms with E-state index in [2.05, 4.69) is 4.98 Å². The Morgan fingerprint density at radius 2 is 1.83 bits per heavy atom. The van der Waals surface area contributed by atoms with E-state index in [0.29, 0.717) is 0 Å².